The summed E-state index contributed by atoms with van der Waals surface area (Å²) in [7, 11) is 0. The molecule has 2 heterocycles. The van der Waals surface area contributed by atoms with E-state index in [-0.39, 0.29) is 5.92 Å². The van der Waals surface area contributed by atoms with Crippen LogP contribution in [0.15, 0.2) is 42.7 Å². The zero-order chi connectivity index (χ0) is 19.4. The minimum Gasteiger partial charge on any atom is -0.368 e. The van der Waals surface area contributed by atoms with Crippen molar-refractivity contribution in [2.75, 3.05) is 6.61 Å². The van der Waals surface area contributed by atoms with E-state index < -0.39 is 17.2 Å². The summed E-state index contributed by atoms with van der Waals surface area (Å²) >= 11 is 0. The minimum atomic E-state index is -0.785. The average molecular weight is 374 g/mol. The summed E-state index contributed by atoms with van der Waals surface area (Å²) in [5, 5.41) is 7.99. The lowest BCUT2D eigenvalue weighted by molar-refractivity contribution is -0.0177. The van der Waals surface area contributed by atoms with Crippen LogP contribution in [0, 0.1) is 28.9 Å². The van der Waals surface area contributed by atoms with Crippen LogP contribution in [0.1, 0.15) is 45.1 Å². The van der Waals surface area contributed by atoms with E-state index in [0.29, 0.717) is 31.1 Å². The van der Waals surface area contributed by atoms with Gasteiger partial charge in [-0.3, -0.25) is 0 Å². The lowest BCUT2D eigenvalue weighted by Crippen LogP contribution is -2.32. The molecule has 1 aliphatic heterocycles. The average Bonchev–Trinajstić information content (AvgIpc) is 3.25. The van der Waals surface area contributed by atoms with E-state index in [1.54, 1.807) is 0 Å². The fourth-order valence-corrected chi connectivity index (χ4v) is 3.93. The van der Waals surface area contributed by atoms with Crippen LogP contribution in [0.5, 0.6) is 0 Å². The molecule has 0 radical (unpaired) electrons. The normalized spacial score (nSPS) is 22.5. The van der Waals surface area contributed by atoms with Crippen LogP contribution in [0.3, 0.4) is 0 Å². The number of hydrogen-bond donors (Lipinski definition) is 1. The molecule has 3 rings (SSSR count). The largest absolute Gasteiger partial charge is 0.368 e. The molecular weight excluding hydrogens is 346 g/mol. The van der Waals surface area contributed by atoms with Gasteiger partial charge in [-0.15, -0.1) is 0 Å². The predicted octanol–water partition coefficient (Wildman–Crippen LogP) is 5.54. The quantitative estimate of drug-likeness (QED) is 0.605. The molecule has 27 heavy (non-hydrogen) atoms. The Morgan fingerprint density at radius 3 is 2.70 bits per heavy atom. The first-order valence-electron chi connectivity index (χ1n) is 9.67. The lowest BCUT2D eigenvalue weighted by atomic mass is 9.84. The zero-order valence-electron chi connectivity index (χ0n) is 16.1. The van der Waals surface area contributed by atoms with Crippen molar-refractivity contribution in [1.29, 1.82) is 5.41 Å². The Hall–Kier alpha value is -2.01. The smallest absolute Gasteiger partial charge is 0.132 e. The number of halogens is 2. The van der Waals surface area contributed by atoms with Crippen molar-refractivity contribution in [1.82, 2.24) is 4.57 Å². The zero-order valence-corrected chi connectivity index (χ0v) is 16.1. The van der Waals surface area contributed by atoms with Crippen molar-refractivity contribution < 1.29 is 13.5 Å². The lowest BCUT2D eigenvalue weighted by Gasteiger charge is -2.30. The van der Waals surface area contributed by atoms with Crippen molar-refractivity contribution in [3.05, 3.63) is 59.9 Å². The maximum absolute atomic E-state index is 14.6. The van der Waals surface area contributed by atoms with Gasteiger partial charge in [0.05, 0.1) is 13.2 Å². The number of nitrogens with zero attached hydrogens (tertiary/aromatic N) is 1. The van der Waals surface area contributed by atoms with Gasteiger partial charge in [-0.1, -0.05) is 19.9 Å². The maximum Gasteiger partial charge on any atom is 0.132 e. The minimum absolute atomic E-state index is 0.283. The highest BCUT2D eigenvalue weighted by atomic mass is 19.1. The van der Waals surface area contributed by atoms with Crippen molar-refractivity contribution in [3.8, 4) is 0 Å². The molecule has 1 aromatic heterocycles. The summed E-state index contributed by atoms with van der Waals surface area (Å²) in [5.41, 5.74) is 0.416. The molecule has 1 N–H and O–H groups in total. The van der Waals surface area contributed by atoms with Gasteiger partial charge in [0, 0.05) is 29.7 Å². The number of hydrogen-bond acceptors (Lipinski definition) is 2. The summed E-state index contributed by atoms with van der Waals surface area (Å²) in [5.74, 6) is -0.533. The summed E-state index contributed by atoms with van der Waals surface area (Å²) in [6, 6.07) is 7.62. The SMILES string of the molecule is CC(C)C(=N)CCC[C@H]1CO[C@@](Cn2cccc2)(c2ccc(F)cc2F)C1. The molecule has 0 bridgehead atoms. The van der Waals surface area contributed by atoms with E-state index in [1.807, 2.05) is 42.9 Å². The van der Waals surface area contributed by atoms with Crippen LogP contribution in [-0.4, -0.2) is 16.9 Å². The Morgan fingerprint density at radius 1 is 1.30 bits per heavy atom. The Bertz CT molecular complexity index is 773. The standard InChI is InChI=1S/C22H28F2N2O/c1-16(2)21(25)7-5-6-17-13-22(27-14-17,15-26-10-3-4-11-26)19-9-8-18(23)12-20(19)24/h3-4,8-12,16-17,25H,5-7,13-15H2,1-2H3/t17-,22+/m1/s1. The third-order valence-electron chi connectivity index (χ3n) is 5.50. The molecule has 0 amide bonds. The molecule has 0 saturated carbocycles. The third-order valence-corrected chi connectivity index (χ3v) is 5.50. The first-order valence-corrected chi connectivity index (χ1v) is 9.67. The Morgan fingerprint density at radius 2 is 2.04 bits per heavy atom. The van der Waals surface area contributed by atoms with Crippen molar-refractivity contribution in [3.63, 3.8) is 0 Å². The van der Waals surface area contributed by atoms with Gasteiger partial charge in [-0.25, -0.2) is 8.78 Å². The fraction of sp³-hybridized carbons (Fsp3) is 0.500. The van der Waals surface area contributed by atoms with Gasteiger partial charge in [0.2, 0.25) is 0 Å². The fourth-order valence-electron chi connectivity index (χ4n) is 3.93. The van der Waals surface area contributed by atoms with Gasteiger partial charge in [0.1, 0.15) is 17.2 Å². The monoisotopic (exact) mass is 374 g/mol. The maximum atomic E-state index is 14.6. The molecule has 5 heteroatoms. The van der Waals surface area contributed by atoms with E-state index in [4.69, 9.17) is 10.1 Å². The second kappa shape index (κ2) is 8.34. The molecule has 1 aromatic carbocycles. The summed E-state index contributed by atoms with van der Waals surface area (Å²) in [6.45, 7) is 5.15. The van der Waals surface area contributed by atoms with E-state index in [1.165, 1.54) is 12.1 Å². The van der Waals surface area contributed by atoms with Gasteiger partial charge in [0.15, 0.2) is 0 Å². The van der Waals surface area contributed by atoms with Gasteiger partial charge in [0.25, 0.3) is 0 Å². The molecular formula is C22H28F2N2O. The number of nitrogens with one attached hydrogen (secondary N) is 1. The molecule has 0 unspecified atom stereocenters. The number of aromatic nitrogens is 1. The molecule has 3 nitrogen and oxygen atoms in total. The molecule has 2 aromatic rings. The van der Waals surface area contributed by atoms with Crippen LogP contribution in [-0.2, 0) is 16.9 Å². The second-order valence-electron chi connectivity index (χ2n) is 7.93. The van der Waals surface area contributed by atoms with Crippen LogP contribution >= 0.6 is 0 Å². The molecule has 2 atom stereocenters. The summed E-state index contributed by atoms with van der Waals surface area (Å²) in [4.78, 5) is 0. The molecule has 0 spiro atoms. The molecule has 0 aliphatic carbocycles. The first kappa shape index (κ1) is 19.7. The first-order chi connectivity index (χ1) is 12.9. The summed E-state index contributed by atoms with van der Waals surface area (Å²) < 4.78 is 36.2. The summed E-state index contributed by atoms with van der Waals surface area (Å²) in [6.07, 6.45) is 7.25. The topological polar surface area (TPSA) is 38.0 Å². The van der Waals surface area contributed by atoms with Crippen LogP contribution in [0.25, 0.3) is 0 Å². The van der Waals surface area contributed by atoms with Crippen LogP contribution in [0.4, 0.5) is 8.78 Å². The van der Waals surface area contributed by atoms with E-state index in [0.717, 1.165) is 31.0 Å². The predicted molar refractivity (Wildman–Crippen MR) is 103 cm³/mol. The highest BCUT2D eigenvalue weighted by molar-refractivity contribution is 5.83. The Labute approximate surface area is 159 Å². The molecule has 1 fully saturated rings. The van der Waals surface area contributed by atoms with E-state index in [9.17, 15) is 8.78 Å². The second-order valence-corrected chi connectivity index (χ2v) is 7.93. The Balaban J connectivity index is 1.75. The number of benzene rings is 1. The highest BCUT2D eigenvalue weighted by Crippen LogP contribution is 2.43. The van der Waals surface area contributed by atoms with Gasteiger partial charge in [-0.05, 0) is 55.7 Å². The third kappa shape index (κ3) is 4.64. The van der Waals surface area contributed by atoms with Crippen molar-refractivity contribution in [2.45, 2.75) is 51.7 Å². The van der Waals surface area contributed by atoms with Crippen molar-refractivity contribution >= 4 is 5.71 Å². The van der Waals surface area contributed by atoms with Gasteiger partial charge in [-0.2, -0.15) is 0 Å². The van der Waals surface area contributed by atoms with Crippen LogP contribution < -0.4 is 0 Å². The van der Waals surface area contributed by atoms with Gasteiger partial charge < -0.3 is 14.7 Å². The number of ether oxygens (including phenoxy) is 1. The number of rotatable bonds is 8. The van der Waals surface area contributed by atoms with Crippen molar-refractivity contribution in [2.24, 2.45) is 11.8 Å². The molecule has 146 valence electrons. The van der Waals surface area contributed by atoms with E-state index >= 15 is 0 Å². The van der Waals surface area contributed by atoms with E-state index in [2.05, 4.69) is 0 Å². The molecule has 1 aliphatic rings. The Kier molecular flexibility index (Phi) is 6.10. The highest BCUT2D eigenvalue weighted by Gasteiger charge is 2.43. The molecule has 1 saturated heterocycles. The van der Waals surface area contributed by atoms with Crippen LogP contribution in [0.2, 0.25) is 0 Å². The van der Waals surface area contributed by atoms with Gasteiger partial charge >= 0.3 is 0 Å².